The minimum atomic E-state index is 0. The first-order valence-electron chi connectivity index (χ1n) is 6.57. The van der Waals surface area contributed by atoms with Gasteiger partial charge in [-0.1, -0.05) is 0 Å². The van der Waals surface area contributed by atoms with Crippen molar-refractivity contribution in [3.63, 3.8) is 0 Å². The molecule has 0 saturated carbocycles. The van der Waals surface area contributed by atoms with E-state index in [0.29, 0.717) is 18.6 Å². The molecular formula is C14H20BrN3OS. The number of aromatic nitrogens is 3. The van der Waals surface area contributed by atoms with Crippen LogP contribution in [0.3, 0.4) is 0 Å². The molecular weight excluding hydrogens is 338 g/mol. The molecule has 0 bridgehead atoms. The monoisotopic (exact) mass is 357 g/mol. The zero-order valence-electron chi connectivity index (χ0n) is 11.9. The molecule has 2 aromatic heterocycles. The van der Waals surface area contributed by atoms with E-state index in [9.17, 15) is 4.79 Å². The van der Waals surface area contributed by atoms with E-state index in [0.717, 1.165) is 25.1 Å². The van der Waals surface area contributed by atoms with Gasteiger partial charge in [-0.15, -0.1) is 11.3 Å². The predicted molar refractivity (Wildman–Crippen MR) is 75.0 cm³/mol. The summed E-state index contributed by atoms with van der Waals surface area (Å²) in [5, 5.41) is 0. The summed E-state index contributed by atoms with van der Waals surface area (Å²) in [6, 6.07) is 0. The second-order valence-corrected chi connectivity index (χ2v) is 5.76. The molecule has 0 aromatic carbocycles. The number of aryl methyl sites for hydroxylation is 4. The molecule has 0 saturated heterocycles. The molecule has 20 heavy (non-hydrogen) atoms. The van der Waals surface area contributed by atoms with Crippen LogP contribution in [-0.4, -0.2) is 15.3 Å². The van der Waals surface area contributed by atoms with Gasteiger partial charge in [-0.2, -0.15) is 0 Å². The van der Waals surface area contributed by atoms with Crippen molar-refractivity contribution in [2.75, 3.05) is 0 Å². The zero-order valence-corrected chi connectivity index (χ0v) is 14.3. The van der Waals surface area contributed by atoms with Crippen molar-refractivity contribution in [3.8, 4) is 0 Å². The smallest absolute Gasteiger partial charge is 0.243 e. The van der Waals surface area contributed by atoms with E-state index in [4.69, 9.17) is 0 Å². The SMILES string of the molecule is Cc1ncsc1CCCC(=O)CCn1cc[n+](C)c1.[Br-]. The van der Waals surface area contributed by atoms with E-state index in [2.05, 4.69) is 4.98 Å². The highest BCUT2D eigenvalue weighted by Gasteiger charge is 2.07. The van der Waals surface area contributed by atoms with Crippen molar-refractivity contribution in [2.45, 2.75) is 39.2 Å². The van der Waals surface area contributed by atoms with Crippen molar-refractivity contribution >= 4 is 17.1 Å². The van der Waals surface area contributed by atoms with Crippen LogP contribution in [0.5, 0.6) is 0 Å². The molecule has 0 unspecified atom stereocenters. The van der Waals surface area contributed by atoms with Gasteiger partial charge in [-0.25, -0.2) is 14.1 Å². The normalized spacial score (nSPS) is 10.3. The molecule has 0 aliphatic carbocycles. The first-order valence-corrected chi connectivity index (χ1v) is 7.45. The van der Waals surface area contributed by atoms with E-state index in [1.165, 1.54) is 4.88 Å². The molecule has 2 aromatic rings. The fourth-order valence-electron chi connectivity index (χ4n) is 2.03. The highest BCUT2D eigenvalue weighted by molar-refractivity contribution is 7.09. The lowest BCUT2D eigenvalue weighted by Crippen LogP contribution is -3.00. The van der Waals surface area contributed by atoms with Crippen LogP contribution in [0.15, 0.2) is 24.2 Å². The minimum Gasteiger partial charge on any atom is -1.00 e. The number of Topliss-reactive ketones (excluding diaryl/α,β-unsaturated/α-hetero) is 1. The third kappa shape index (κ3) is 5.17. The average Bonchev–Trinajstić information content (AvgIpc) is 2.96. The molecule has 0 radical (unpaired) electrons. The molecule has 2 heterocycles. The maximum atomic E-state index is 11.8. The van der Waals surface area contributed by atoms with Gasteiger partial charge in [-0.05, 0) is 19.8 Å². The number of hydrogen-bond acceptors (Lipinski definition) is 3. The van der Waals surface area contributed by atoms with E-state index in [-0.39, 0.29) is 17.0 Å². The van der Waals surface area contributed by atoms with Gasteiger partial charge in [0, 0.05) is 17.7 Å². The first-order chi connectivity index (χ1) is 9.15. The van der Waals surface area contributed by atoms with Gasteiger partial charge in [0.05, 0.1) is 24.8 Å². The van der Waals surface area contributed by atoms with Crippen molar-refractivity contribution < 1.29 is 26.3 Å². The summed E-state index contributed by atoms with van der Waals surface area (Å²) in [5.41, 5.74) is 2.98. The quantitative estimate of drug-likeness (QED) is 0.600. The van der Waals surface area contributed by atoms with Gasteiger partial charge in [-0.3, -0.25) is 4.79 Å². The number of nitrogens with zero attached hydrogens (tertiary/aromatic N) is 3. The number of rotatable bonds is 7. The third-order valence-electron chi connectivity index (χ3n) is 3.18. The lowest BCUT2D eigenvalue weighted by molar-refractivity contribution is -0.671. The van der Waals surface area contributed by atoms with Crippen molar-refractivity contribution in [3.05, 3.63) is 34.8 Å². The standard InChI is InChI=1S/C14H20N3OS.BrH/c1-12-14(19-10-15-12)5-3-4-13(18)6-7-17-9-8-16(2)11-17;/h8-11H,3-7H2,1-2H3;1H/q+1;/p-1. The Hall–Kier alpha value is -1.01. The Labute approximate surface area is 134 Å². The molecule has 0 aliphatic heterocycles. The molecule has 0 atom stereocenters. The van der Waals surface area contributed by atoms with E-state index < -0.39 is 0 Å². The topological polar surface area (TPSA) is 38.8 Å². The fourth-order valence-corrected chi connectivity index (χ4v) is 2.85. The second-order valence-electron chi connectivity index (χ2n) is 4.82. The number of thiazole rings is 1. The number of hydrogen-bond donors (Lipinski definition) is 0. The first kappa shape index (κ1) is 17.0. The van der Waals surface area contributed by atoms with Crippen LogP contribution in [-0.2, 0) is 24.8 Å². The van der Waals surface area contributed by atoms with Crippen LogP contribution in [0.2, 0.25) is 0 Å². The molecule has 0 spiro atoms. The predicted octanol–water partition coefficient (Wildman–Crippen LogP) is -0.936. The zero-order chi connectivity index (χ0) is 13.7. The average molecular weight is 358 g/mol. The summed E-state index contributed by atoms with van der Waals surface area (Å²) < 4.78 is 4.03. The van der Waals surface area contributed by atoms with Crippen LogP contribution in [0.1, 0.15) is 29.8 Å². The van der Waals surface area contributed by atoms with Crippen molar-refractivity contribution in [1.82, 2.24) is 9.55 Å². The highest BCUT2D eigenvalue weighted by Crippen LogP contribution is 2.15. The Morgan fingerprint density at radius 1 is 1.45 bits per heavy atom. The van der Waals surface area contributed by atoms with Gasteiger partial charge >= 0.3 is 0 Å². The maximum absolute atomic E-state index is 11.8. The maximum Gasteiger partial charge on any atom is 0.243 e. The number of ketones is 1. The van der Waals surface area contributed by atoms with E-state index in [1.807, 2.05) is 47.3 Å². The van der Waals surface area contributed by atoms with Crippen LogP contribution < -0.4 is 21.5 Å². The van der Waals surface area contributed by atoms with Gasteiger partial charge in [0.25, 0.3) is 0 Å². The van der Waals surface area contributed by atoms with Crippen LogP contribution >= 0.6 is 11.3 Å². The van der Waals surface area contributed by atoms with Crippen LogP contribution in [0.25, 0.3) is 0 Å². The Morgan fingerprint density at radius 3 is 2.85 bits per heavy atom. The van der Waals surface area contributed by atoms with Crippen LogP contribution in [0, 0.1) is 6.92 Å². The summed E-state index contributed by atoms with van der Waals surface area (Å²) in [5.74, 6) is 0.346. The summed E-state index contributed by atoms with van der Waals surface area (Å²) in [4.78, 5) is 17.3. The van der Waals surface area contributed by atoms with Gasteiger partial charge in [0.1, 0.15) is 18.2 Å². The van der Waals surface area contributed by atoms with Gasteiger partial charge in [0.2, 0.25) is 6.33 Å². The van der Waals surface area contributed by atoms with Crippen molar-refractivity contribution in [2.24, 2.45) is 7.05 Å². The molecule has 0 aliphatic rings. The molecule has 0 N–H and O–H groups in total. The van der Waals surface area contributed by atoms with Gasteiger partial charge < -0.3 is 17.0 Å². The number of halogens is 1. The lowest BCUT2D eigenvalue weighted by atomic mass is 10.1. The minimum absolute atomic E-state index is 0. The molecule has 6 heteroatoms. The Kier molecular flexibility index (Phi) is 7.09. The highest BCUT2D eigenvalue weighted by atomic mass is 79.9. The largest absolute Gasteiger partial charge is 1.00 e. The second kappa shape index (κ2) is 8.32. The summed E-state index contributed by atoms with van der Waals surface area (Å²) in [6.45, 7) is 2.80. The third-order valence-corrected chi connectivity index (χ3v) is 4.17. The number of carbonyl (C=O) groups is 1. The molecule has 0 amide bonds. The Bertz CT molecular complexity index is 550. The summed E-state index contributed by atoms with van der Waals surface area (Å²) >= 11 is 1.68. The number of imidazole rings is 1. The van der Waals surface area contributed by atoms with E-state index in [1.54, 1.807) is 11.3 Å². The Morgan fingerprint density at radius 2 is 2.25 bits per heavy atom. The molecule has 4 nitrogen and oxygen atoms in total. The Balaban J connectivity index is 0.00000200. The molecule has 0 fully saturated rings. The number of carbonyl (C=O) groups excluding carboxylic acids is 1. The lowest BCUT2D eigenvalue weighted by Gasteiger charge is -2.00. The van der Waals surface area contributed by atoms with Crippen LogP contribution in [0.4, 0.5) is 0 Å². The fraction of sp³-hybridized carbons (Fsp3) is 0.500. The van der Waals surface area contributed by atoms with E-state index >= 15 is 0 Å². The van der Waals surface area contributed by atoms with Gasteiger partial charge in [0.15, 0.2) is 0 Å². The molecule has 110 valence electrons. The molecule has 2 rings (SSSR count). The van der Waals surface area contributed by atoms with Crippen molar-refractivity contribution in [1.29, 1.82) is 0 Å². The summed E-state index contributed by atoms with van der Waals surface area (Å²) in [6.07, 6.45) is 9.17. The summed E-state index contributed by atoms with van der Waals surface area (Å²) in [7, 11) is 1.98.